The number of aliphatic hydroxyl groups excluding tert-OH is 3. The van der Waals surface area contributed by atoms with Crippen LogP contribution in [-0.2, 0) is 14.8 Å². The van der Waals surface area contributed by atoms with E-state index in [-0.39, 0.29) is 17.2 Å². The zero-order chi connectivity index (χ0) is 15.8. The predicted octanol–water partition coefficient (Wildman–Crippen LogP) is -1.87. The average molecular weight is 322 g/mol. The molecule has 4 N–H and O–H groups in total. The van der Waals surface area contributed by atoms with Crippen LogP contribution in [0, 0.1) is 6.92 Å². The van der Waals surface area contributed by atoms with E-state index in [9.17, 15) is 23.7 Å². The highest BCUT2D eigenvalue weighted by Crippen LogP contribution is 2.21. The fourth-order valence-electron chi connectivity index (χ4n) is 2.12. The van der Waals surface area contributed by atoms with Gasteiger partial charge in [0.25, 0.3) is 0 Å². The Morgan fingerprint density at radius 3 is 2.52 bits per heavy atom. The molecular weight excluding hydrogens is 304 g/mol. The first kappa shape index (κ1) is 16.3. The molecule has 1 fully saturated rings. The fraction of sp³-hybridized carbons (Fsp3) is 0.727. The second-order valence-corrected chi connectivity index (χ2v) is 6.68. The zero-order valence-electron chi connectivity index (χ0n) is 11.5. The van der Waals surface area contributed by atoms with Crippen LogP contribution in [0.5, 0.6) is 0 Å². The van der Waals surface area contributed by atoms with Crippen LogP contribution < -0.4 is 4.72 Å². The van der Waals surface area contributed by atoms with Crippen LogP contribution in [0.1, 0.15) is 12.7 Å². The minimum atomic E-state index is -3.86. The largest absolute Gasteiger partial charge is 0.388 e. The highest BCUT2D eigenvalue weighted by atomic mass is 32.2. The molecular formula is C11H18N2O7S. The van der Waals surface area contributed by atoms with E-state index in [2.05, 4.69) is 14.4 Å². The highest BCUT2D eigenvalue weighted by molar-refractivity contribution is 7.89. The van der Waals surface area contributed by atoms with Crippen molar-refractivity contribution in [1.82, 2.24) is 9.88 Å². The molecule has 0 aromatic carbocycles. The van der Waals surface area contributed by atoms with E-state index in [1.54, 1.807) is 0 Å². The van der Waals surface area contributed by atoms with Crippen LogP contribution in [0.3, 0.4) is 0 Å². The maximum Gasteiger partial charge on any atom is 0.245 e. The Labute approximate surface area is 121 Å². The predicted molar refractivity (Wildman–Crippen MR) is 68.8 cm³/mol. The molecule has 1 saturated heterocycles. The summed E-state index contributed by atoms with van der Waals surface area (Å²) in [5.74, 6) is 0.136. The Hall–Kier alpha value is -1.04. The number of rotatable bonds is 4. The molecule has 0 spiro atoms. The van der Waals surface area contributed by atoms with Gasteiger partial charge in [-0.25, -0.2) is 13.1 Å². The number of nitrogens with one attached hydrogen (secondary N) is 1. The molecule has 0 bridgehead atoms. The van der Waals surface area contributed by atoms with E-state index >= 15 is 0 Å². The number of ether oxygens (including phenoxy) is 1. The normalized spacial score (nSPS) is 34.0. The van der Waals surface area contributed by atoms with E-state index in [0.29, 0.717) is 0 Å². The SMILES string of the molecule is Cc1oncc1S(=O)(=O)NCC1OC(C)C(O)C(O)C1O. The van der Waals surface area contributed by atoms with Crippen molar-refractivity contribution >= 4 is 10.0 Å². The summed E-state index contributed by atoms with van der Waals surface area (Å²) in [4.78, 5) is -0.110. The number of aryl methyl sites for hydroxylation is 1. The van der Waals surface area contributed by atoms with Crippen molar-refractivity contribution < 1.29 is 33.0 Å². The molecule has 1 aromatic rings. The first-order chi connectivity index (χ1) is 9.74. The zero-order valence-corrected chi connectivity index (χ0v) is 12.3. The summed E-state index contributed by atoms with van der Waals surface area (Å²) in [6.07, 6.45) is -4.67. The smallest absolute Gasteiger partial charge is 0.245 e. The third kappa shape index (κ3) is 3.25. The van der Waals surface area contributed by atoms with E-state index in [0.717, 1.165) is 6.20 Å². The summed E-state index contributed by atoms with van der Waals surface area (Å²) in [6, 6.07) is 0. The van der Waals surface area contributed by atoms with Crippen molar-refractivity contribution in [2.75, 3.05) is 6.54 Å². The van der Waals surface area contributed by atoms with Crippen LogP contribution in [-0.4, -0.2) is 66.0 Å². The third-order valence-electron chi connectivity index (χ3n) is 3.42. The van der Waals surface area contributed by atoms with Gasteiger partial charge in [0.1, 0.15) is 29.3 Å². The summed E-state index contributed by atoms with van der Waals surface area (Å²) in [5.41, 5.74) is 0. The van der Waals surface area contributed by atoms with Crippen molar-refractivity contribution in [3.8, 4) is 0 Å². The molecule has 1 aliphatic heterocycles. The molecule has 1 aromatic heterocycles. The van der Waals surface area contributed by atoms with E-state index < -0.39 is 40.5 Å². The lowest BCUT2D eigenvalue weighted by Crippen LogP contribution is -2.59. The van der Waals surface area contributed by atoms with Gasteiger partial charge in [-0.05, 0) is 13.8 Å². The highest BCUT2D eigenvalue weighted by Gasteiger charge is 2.42. The molecule has 5 atom stereocenters. The molecule has 1 aliphatic rings. The summed E-state index contributed by atoms with van der Waals surface area (Å²) in [5, 5.41) is 32.4. The maximum absolute atomic E-state index is 12.0. The Balaban J connectivity index is 2.04. The van der Waals surface area contributed by atoms with Crippen LogP contribution in [0.2, 0.25) is 0 Å². The topological polar surface area (TPSA) is 142 Å². The lowest BCUT2D eigenvalue weighted by Gasteiger charge is -2.39. The first-order valence-corrected chi connectivity index (χ1v) is 7.83. The summed E-state index contributed by atoms with van der Waals surface area (Å²) < 4.78 is 36.3. The summed E-state index contributed by atoms with van der Waals surface area (Å²) in [7, 11) is -3.86. The second kappa shape index (κ2) is 5.99. The third-order valence-corrected chi connectivity index (χ3v) is 4.94. The molecule has 0 amide bonds. The van der Waals surface area contributed by atoms with Crippen molar-refractivity contribution in [2.24, 2.45) is 0 Å². The molecule has 5 unspecified atom stereocenters. The number of hydrogen-bond acceptors (Lipinski definition) is 8. The average Bonchev–Trinajstić information content (AvgIpc) is 2.86. The van der Waals surface area contributed by atoms with Gasteiger partial charge in [0.15, 0.2) is 5.76 Å². The van der Waals surface area contributed by atoms with Crippen LogP contribution in [0.4, 0.5) is 0 Å². The first-order valence-electron chi connectivity index (χ1n) is 6.34. The Morgan fingerprint density at radius 1 is 1.29 bits per heavy atom. The quantitative estimate of drug-likeness (QED) is 0.505. The number of aromatic nitrogens is 1. The Morgan fingerprint density at radius 2 is 1.95 bits per heavy atom. The number of hydrogen-bond donors (Lipinski definition) is 4. The van der Waals surface area contributed by atoms with Gasteiger partial charge >= 0.3 is 0 Å². The molecule has 2 rings (SSSR count). The van der Waals surface area contributed by atoms with Gasteiger partial charge in [0, 0.05) is 6.54 Å². The maximum atomic E-state index is 12.0. The van der Waals surface area contributed by atoms with Gasteiger partial charge < -0.3 is 24.6 Å². The Bertz CT molecular complexity index is 587. The Kier molecular flexibility index (Phi) is 4.66. The molecule has 2 heterocycles. The molecule has 0 radical (unpaired) electrons. The fourth-order valence-corrected chi connectivity index (χ4v) is 3.26. The second-order valence-electron chi connectivity index (χ2n) is 4.95. The summed E-state index contributed by atoms with van der Waals surface area (Å²) in [6.45, 7) is 2.71. The van der Waals surface area contributed by atoms with Crippen molar-refractivity contribution in [2.45, 2.75) is 49.3 Å². The van der Waals surface area contributed by atoms with Crippen LogP contribution in [0.15, 0.2) is 15.6 Å². The van der Waals surface area contributed by atoms with Gasteiger partial charge in [-0.1, -0.05) is 5.16 Å². The minimum absolute atomic E-state index is 0.110. The lowest BCUT2D eigenvalue weighted by atomic mass is 9.96. The van der Waals surface area contributed by atoms with Crippen molar-refractivity contribution in [3.63, 3.8) is 0 Å². The van der Waals surface area contributed by atoms with Gasteiger partial charge in [-0.2, -0.15) is 0 Å². The van der Waals surface area contributed by atoms with Gasteiger partial charge in [0.05, 0.1) is 12.3 Å². The molecule has 21 heavy (non-hydrogen) atoms. The number of aliphatic hydroxyl groups is 3. The monoisotopic (exact) mass is 322 g/mol. The number of nitrogens with zero attached hydrogens (tertiary/aromatic N) is 1. The van der Waals surface area contributed by atoms with Crippen molar-refractivity contribution in [3.05, 3.63) is 12.0 Å². The molecule has 120 valence electrons. The molecule has 0 aliphatic carbocycles. The molecule has 10 heteroatoms. The van der Waals surface area contributed by atoms with E-state index in [1.165, 1.54) is 13.8 Å². The molecule has 9 nitrogen and oxygen atoms in total. The van der Waals surface area contributed by atoms with E-state index in [4.69, 9.17) is 4.74 Å². The van der Waals surface area contributed by atoms with Gasteiger partial charge in [-0.15, -0.1) is 0 Å². The van der Waals surface area contributed by atoms with Crippen LogP contribution >= 0.6 is 0 Å². The van der Waals surface area contributed by atoms with Crippen LogP contribution in [0.25, 0.3) is 0 Å². The van der Waals surface area contributed by atoms with Crippen molar-refractivity contribution in [1.29, 1.82) is 0 Å². The molecule has 0 saturated carbocycles. The summed E-state index contributed by atoms with van der Waals surface area (Å²) >= 11 is 0. The number of sulfonamides is 1. The van der Waals surface area contributed by atoms with Gasteiger partial charge in [-0.3, -0.25) is 0 Å². The van der Waals surface area contributed by atoms with Gasteiger partial charge in [0.2, 0.25) is 10.0 Å². The van der Waals surface area contributed by atoms with E-state index in [1.807, 2.05) is 0 Å². The minimum Gasteiger partial charge on any atom is -0.388 e. The lowest BCUT2D eigenvalue weighted by molar-refractivity contribution is -0.214. The standard InChI is InChI=1S/C11H18N2O7S/c1-5-8(4-12-20-5)21(17,18)13-3-7-10(15)11(16)9(14)6(2)19-7/h4,6-7,9-11,13-16H,3H2,1-2H3.